The summed E-state index contributed by atoms with van der Waals surface area (Å²) in [6, 6.07) is 0. The first-order chi connectivity index (χ1) is 6.22. The van der Waals surface area contributed by atoms with E-state index in [1.807, 2.05) is 0 Å². The minimum Gasteiger partial charge on any atom is -0.481 e. The summed E-state index contributed by atoms with van der Waals surface area (Å²) in [6.07, 6.45) is 5.30. The highest BCUT2D eigenvalue weighted by atomic mass is 16.4. The Morgan fingerprint density at radius 3 is 2.54 bits per heavy atom. The standard InChI is InChI=1S/C10H17NO2/c12-9(13)8-1-2-10(7-8)3-5-11-6-4-10/h8,11H,1-7H2,(H,12,13). The number of aliphatic carboxylic acids is 1. The summed E-state index contributed by atoms with van der Waals surface area (Å²) in [5.41, 5.74) is 0.383. The van der Waals surface area contributed by atoms with Crippen molar-refractivity contribution in [1.29, 1.82) is 0 Å². The molecule has 13 heavy (non-hydrogen) atoms. The molecule has 2 N–H and O–H groups in total. The highest BCUT2D eigenvalue weighted by Gasteiger charge is 2.42. The fraction of sp³-hybridized carbons (Fsp3) is 0.900. The van der Waals surface area contributed by atoms with Crippen molar-refractivity contribution in [3.05, 3.63) is 0 Å². The van der Waals surface area contributed by atoms with Crippen molar-refractivity contribution in [3.63, 3.8) is 0 Å². The molecule has 1 spiro atoms. The summed E-state index contributed by atoms with van der Waals surface area (Å²) in [7, 11) is 0. The highest BCUT2D eigenvalue weighted by Crippen LogP contribution is 2.47. The van der Waals surface area contributed by atoms with Gasteiger partial charge in [-0.3, -0.25) is 4.79 Å². The van der Waals surface area contributed by atoms with Crippen molar-refractivity contribution < 1.29 is 9.90 Å². The zero-order valence-corrected chi connectivity index (χ0v) is 7.88. The van der Waals surface area contributed by atoms with Crippen LogP contribution >= 0.6 is 0 Å². The average molecular weight is 183 g/mol. The first-order valence-corrected chi connectivity index (χ1v) is 5.15. The lowest BCUT2D eigenvalue weighted by atomic mass is 9.77. The molecule has 0 amide bonds. The van der Waals surface area contributed by atoms with Gasteiger partial charge in [0, 0.05) is 0 Å². The molecular formula is C10H17NO2. The zero-order chi connectivity index (χ0) is 9.31. The topological polar surface area (TPSA) is 49.3 Å². The zero-order valence-electron chi connectivity index (χ0n) is 7.88. The third-order valence-electron chi connectivity index (χ3n) is 3.72. The van der Waals surface area contributed by atoms with Gasteiger partial charge in [0.15, 0.2) is 0 Å². The van der Waals surface area contributed by atoms with Crippen molar-refractivity contribution in [3.8, 4) is 0 Å². The van der Waals surface area contributed by atoms with Gasteiger partial charge in [-0.15, -0.1) is 0 Å². The van der Waals surface area contributed by atoms with Gasteiger partial charge in [0.05, 0.1) is 5.92 Å². The normalized spacial score (nSPS) is 32.2. The van der Waals surface area contributed by atoms with E-state index in [1.54, 1.807) is 0 Å². The van der Waals surface area contributed by atoms with Gasteiger partial charge in [0.2, 0.25) is 0 Å². The monoisotopic (exact) mass is 183 g/mol. The third-order valence-corrected chi connectivity index (χ3v) is 3.72. The highest BCUT2D eigenvalue weighted by molar-refractivity contribution is 5.70. The van der Waals surface area contributed by atoms with Crippen molar-refractivity contribution >= 4 is 5.97 Å². The lowest BCUT2D eigenvalue weighted by Gasteiger charge is -2.33. The Hall–Kier alpha value is -0.570. The fourth-order valence-corrected chi connectivity index (χ4v) is 2.83. The van der Waals surface area contributed by atoms with Crippen LogP contribution in [0.1, 0.15) is 32.1 Å². The summed E-state index contributed by atoms with van der Waals surface area (Å²) in [5.74, 6) is -0.645. The molecule has 2 fully saturated rings. The smallest absolute Gasteiger partial charge is 0.306 e. The fourth-order valence-electron chi connectivity index (χ4n) is 2.83. The summed E-state index contributed by atoms with van der Waals surface area (Å²) in [4.78, 5) is 10.8. The molecule has 1 unspecified atom stereocenters. The largest absolute Gasteiger partial charge is 0.481 e. The predicted octanol–water partition coefficient (Wildman–Crippen LogP) is 1.24. The Labute approximate surface area is 78.5 Å². The van der Waals surface area contributed by atoms with Crippen LogP contribution in [0.25, 0.3) is 0 Å². The first-order valence-electron chi connectivity index (χ1n) is 5.15. The number of hydrogen-bond donors (Lipinski definition) is 2. The molecule has 2 aliphatic rings. The number of carbonyl (C=O) groups is 1. The molecule has 1 aliphatic heterocycles. The van der Waals surface area contributed by atoms with Crippen LogP contribution in [0.2, 0.25) is 0 Å². The van der Waals surface area contributed by atoms with Crippen molar-refractivity contribution in [2.24, 2.45) is 11.3 Å². The second-order valence-corrected chi connectivity index (χ2v) is 4.53. The quantitative estimate of drug-likeness (QED) is 0.643. The Bertz CT molecular complexity index is 209. The lowest BCUT2D eigenvalue weighted by Crippen LogP contribution is -2.35. The van der Waals surface area contributed by atoms with Gasteiger partial charge in [0.1, 0.15) is 0 Å². The van der Waals surface area contributed by atoms with Crippen LogP contribution in [-0.4, -0.2) is 24.2 Å². The summed E-state index contributed by atoms with van der Waals surface area (Å²) < 4.78 is 0. The molecule has 0 radical (unpaired) electrons. The molecule has 0 aromatic heterocycles. The van der Waals surface area contributed by atoms with Gasteiger partial charge in [-0.25, -0.2) is 0 Å². The van der Waals surface area contributed by atoms with Crippen LogP contribution in [0.4, 0.5) is 0 Å². The summed E-state index contributed by atoms with van der Waals surface area (Å²) in [6.45, 7) is 2.15. The van der Waals surface area contributed by atoms with E-state index in [2.05, 4.69) is 5.32 Å². The number of piperidine rings is 1. The molecular weight excluding hydrogens is 166 g/mol. The van der Waals surface area contributed by atoms with Gasteiger partial charge in [-0.1, -0.05) is 0 Å². The number of nitrogens with one attached hydrogen (secondary N) is 1. The van der Waals surface area contributed by atoms with Gasteiger partial charge >= 0.3 is 5.97 Å². The van der Waals surface area contributed by atoms with Crippen LogP contribution in [0.3, 0.4) is 0 Å². The van der Waals surface area contributed by atoms with Crippen LogP contribution in [0, 0.1) is 11.3 Å². The van der Waals surface area contributed by atoms with E-state index >= 15 is 0 Å². The van der Waals surface area contributed by atoms with Crippen LogP contribution in [0.15, 0.2) is 0 Å². The van der Waals surface area contributed by atoms with Crippen molar-refractivity contribution in [2.75, 3.05) is 13.1 Å². The van der Waals surface area contributed by atoms with Crippen molar-refractivity contribution in [1.82, 2.24) is 5.32 Å². The average Bonchev–Trinajstić information content (AvgIpc) is 2.51. The van der Waals surface area contributed by atoms with E-state index in [1.165, 1.54) is 12.8 Å². The van der Waals surface area contributed by atoms with Crippen LogP contribution in [0.5, 0.6) is 0 Å². The lowest BCUT2D eigenvalue weighted by molar-refractivity contribution is -0.141. The molecule has 1 heterocycles. The van der Waals surface area contributed by atoms with Crippen LogP contribution < -0.4 is 5.32 Å². The molecule has 3 heteroatoms. The van der Waals surface area contributed by atoms with Gasteiger partial charge in [-0.2, -0.15) is 0 Å². The predicted molar refractivity (Wildman–Crippen MR) is 49.5 cm³/mol. The summed E-state index contributed by atoms with van der Waals surface area (Å²) >= 11 is 0. The van der Waals surface area contributed by atoms with Crippen LogP contribution in [-0.2, 0) is 4.79 Å². The Morgan fingerprint density at radius 2 is 2.00 bits per heavy atom. The molecule has 0 aromatic carbocycles. The molecule has 74 valence electrons. The molecule has 0 bridgehead atoms. The van der Waals surface area contributed by atoms with E-state index in [9.17, 15) is 4.79 Å². The maximum absolute atomic E-state index is 10.8. The van der Waals surface area contributed by atoms with Crippen molar-refractivity contribution in [2.45, 2.75) is 32.1 Å². The Kier molecular flexibility index (Phi) is 2.28. The Morgan fingerprint density at radius 1 is 1.31 bits per heavy atom. The molecule has 1 saturated carbocycles. The number of hydrogen-bond acceptors (Lipinski definition) is 2. The van der Waals surface area contributed by atoms with Gasteiger partial charge in [0.25, 0.3) is 0 Å². The minimum atomic E-state index is -0.588. The third kappa shape index (κ3) is 1.70. The van der Waals surface area contributed by atoms with E-state index in [0.29, 0.717) is 5.41 Å². The molecule has 2 rings (SSSR count). The van der Waals surface area contributed by atoms with E-state index in [4.69, 9.17) is 5.11 Å². The van der Waals surface area contributed by atoms with E-state index < -0.39 is 5.97 Å². The molecule has 0 aromatic rings. The molecule has 1 saturated heterocycles. The number of carboxylic acids is 1. The SMILES string of the molecule is O=C(O)C1CCC2(CCNCC2)C1. The molecule has 3 nitrogen and oxygen atoms in total. The van der Waals surface area contributed by atoms with Gasteiger partial charge in [-0.05, 0) is 50.6 Å². The second kappa shape index (κ2) is 3.29. The number of rotatable bonds is 1. The Balaban J connectivity index is 1.98. The summed E-state index contributed by atoms with van der Waals surface area (Å²) in [5, 5.41) is 12.2. The maximum atomic E-state index is 10.8. The minimum absolute atomic E-state index is 0.0573. The first kappa shape index (κ1) is 9.00. The van der Waals surface area contributed by atoms with E-state index in [-0.39, 0.29) is 5.92 Å². The molecule has 1 atom stereocenters. The molecule has 1 aliphatic carbocycles. The van der Waals surface area contributed by atoms with Gasteiger partial charge < -0.3 is 10.4 Å². The number of carboxylic acid groups (broad SMARTS) is 1. The van der Waals surface area contributed by atoms with E-state index in [0.717, 1.165) is 32.4 Å². The second-order valence-electron chi connectivity index (χ2n) is 4.53. The maximum Gasteiger partial charge on any atom is 0.306 e.